The highest BCUT2D eigenvalue weighted by molar-refractivity contribution is 5.81. The number of pyridine rings is 1. The Balaban J connectivity index is 2.10. The van der Waals surface area contributed by atoms with Crippen LogP contribution in [0.15, 0.2) is 53.4 Å². The molecule has 3 nitrogen and oxygen atoms in total. The van der Waals surface area contributed by atoms with Gasteiger partial charge in [0.1, 0.15) is 0 Å². The van der Waals surface area contributed by atoms with Crippen molar-refractivity contribution in [2.45, 2.75) is 6.92 Å². The van der Waals surface area contributed by atoms with Gasteiger partial charge in [0.05, 0.1) is 23.9 Å². The zero-order valence-electron chi connectivity index (χ0n) is 8.67. The lowest BCUT2D eigenvalue weighted by atomic mass is 10.3. The van der Waals surface area contributed by atoms with Crippen LogP contribution in [0, 0.1) is 0 Å². The summed E-state index contributed by atoms with van der Waals surface area (Å²) in [4.78, 5) is 10.5. The number of nitrogens with zero attached hydrogens (tertiary/aromatic N) is 3. The molecule has 0 saturated heterocycles. The smallest absolute Gasteiger partial charge is 0.0960 e. The van der Waals surface area contributed by atoms with Gasteiger partial charge in [-0.1, -0.05) is 6.08 Å². The molecule has 1 aromatic rings. The summed E-state index contributed by atoms with van der Waals surface area (Å²) in [6.07, 6.45) is 11.5. The summed E-state index contributed by atoms with van der Waals surface area (Å²) >= 11 is 0. The minimum atomic E-state index is 0.842. The van der Waals surface area contributed by atoms with E-state index in [1.165, 1.54) is 0 Å². The average molecular weight is 199 g/mol. The van der Waals surface area contributed by atoms with Crippen LogP contribution in [0.4, 0.5) is 5.69 Å². The second kappa shape index (κ2) is 4.55. The van der Waals surface area contributed by atoms with Gasteiger partial charge in [0.15, 0.2) is 0 Å². The largest absolute Gasteiger partial charge is 0.327 e. The Labute approximate surface area is 89.5 Å². The van der Waals surface area contributed by atoms with Gasteiger partial charge in [0.25, 0.3) is 0 Å². The number of anilines is 1. The van der Waals surface area contributed by atoms with E-state index in [9.17, 15) is 0 Å². The van der Waals surface area contributed by atoms with E-state index in [2.05, 4.69) is 21.0 Å². The molecule has 3 heteroatoms. The molecule has 15 heavy (non-hydrogen) atoms. The molecule has 0 fully saturated rings. The van der Waals surface area contributed by atoms with E-state index in [1.807, 2.05) is 43.7 Å². The minimum absolute atomic E-state index is 0.842. The van der Waals surface area contributed by atoms with E-state index < -0.39 is 0 Å². The number of rotatable bonds is 2. The maximum Gasteiger partial charge on any atom is 0.0960 e. The second-order valence-corrected chi connectivity index (χ2v) is 3.24. The lowest BCUT2D eigenvalue weighted by Crippen LogP contribution is -2.23. The fraction of sp³-hybridized carbons (Fsp3) is 0.167. The Kier molecular flexibility index (Phi) is 2.93. The van der Waals surface area contributed by atoms with Crippen LogP contribution in [0.1, 0.15) is 6.92 Å². The lowest BCUT2D eigenvalue weighted by molar-refractivity contribution is 1.09. The molecular formula is C12H13N3. The molecule has 2 rings (SSSR count). The van der Waals surface area contributed by atoms with E-state index in [4.69, 9.17) is 0 Å². The molecule has 0 unspecified atom stereocenters. The molecule has 0 radical (unpaired) electrons. The van der Waals surface area contributed by atoms with Gasteiger partial charge in [0.2, 0.25) is 0 Å². The molecule has 76 valence electrons. The molecule has 0 N–H and O–H groups in total. The highest BCUT2D eigenvalue weighted by Gasteiger charge is 2.05. The molecule has 1 aliphatic rings. The highest BCUT2D eigenvalue weighted by atomic mass is 15.2. The summed E-state index contributed by atoms with van der Waals surface area (Å²) in [5.74, 6) is 0. The van der Waals surface area contributed by atoms with E-state index >= 15 is 0 Å². The van der Waals surface area contributed by atoms with Gasteiger partial charge in [0, 0.05) is 12.7 Å². The van der Waals surface area contributed by atoms with Crippen molar-refractivity contribution < 1.29 is 0 Å². The van der Waals surface area contributed by atoms with E-state index in [0.29, 0.717) is 0 Å². The molecule has 0 aromatic carbocycles. The first-order valence-corrected chi connectivity index (χ1v) is 4.94. The number of hydrogen-bond donors (Lipinski definition) is 0. The molecule has 1 aromatic heterocycles. The molecule has 0 bridgehead atoms. The Morgan fingerprint density at radius 3 is 3.00 bits per heavy atom. The Hall–Kier alpha value is -1.90. The van der Waals surface area contributed by atoms with Gasteiger partial charge in [-0.3, -0.25) is 4.98 Å². The van der Waals surface area contributed by atoms with Gasteiger partial charge in [-0.15, -0.1) is 0 Å². The van der Waals surface area contributed by atoms with Crippen molar-refractivity contribution in [2.24, 2.45) is 4.99 Å². The van der Waals surface area contributed by atoms with Crippen LogP contribution >= 0.6 is 0 Å². The third kappa shape index (κ3) is 2.31. The third-order valence-corrected chi connectivity index (χ3v) is 2.16. The molecule has 0 aliphatic carbocycles. The second-order valence-electron chi connectivity index (χ2n) is 3.24. The lowest BCUT2D eigenvalue weighted by Gasteiger charge is -2.20. The number of hydrogen-bond acceptors (Lipinski definition) is 3. The predicted octanol–water partition coefficient (Wildman–Crippen LogP) is 2.39. The molecule has 0 saturated carbocycles. The average Bonchev–Trinajstić information content (AvgIpc) is 2.32. The summed E-state index contributed by atoms with van der Waals surface area (Å²) in [7, 11) is 0. The first-order valence-electron chi connectivity index (χ1n) is 4.94. The van der Waals surface area contributed by atoms with Crippen molar-refractivity contribution in [3.05, 3.63) is 48.5 Å². The van der Waals surface area contributed by atoms with Gasteiger partial charge in [-0.05, 0) is 31.2 Å². The Bertz CT molecular complexity index is 404. The number of allylic oxidation sites excluding steroid dienone is 2. The summed E-state index contributed by atoms with van der Waals surface area (Å²) < 4.78 is 0. The van der Waals surface area contributed by atoms with Crippen molar-refractivity contribution in [1.29, 1.82) is 0 Å². The van der Waals surface area contributed by atoms with E-state index in [0.717, 1.165) is 17.9 Å². The van der Waals surface area contributed by atoms with Crippen molar-refractivity contribution >= 4 is 12.0 Å². The van der Waals surface area contributed by atoms with Crippen molar-refractivity contribution in [3.63, 3.8) is 0 Å². The monoisotopic (exact) mass is 199 g/mol. The molecule has 1 aliphatic heterocycles. The van der Waals surface area contributed by atoms with Crippen LogP contribution in [0.5, 0.6) is 0 Å². The highest BCUT2D eigenvalue weighted by Crippen LogP contribution is 2.14. The van der Waals surface area contributed by atoms with Crippen LogP contribution in [0.2, 0.25) is 0 Å². The zero-order chi connectivity index (χ0) is 10.5. The fourth-order valence-electron chi connectivity index (χ4n) is 1.41. The maximum atomic E-state index is 4.32. The topological polar surface area (TPSA) is 28.5 Å². The molecule has 2 heterocycles. The molecule has 0 atom stereocenters. The quantitative estimate of drug-likeness (QED) is 0.731. The summed E-state index contributed by atoms with van der Waals surface area (Å²) in [6.45, 7) is 2.83. The number of aliphatic imine (C=N–C) groups is 1. The SMILES string of the molecule is CC=CC1=CCN(c2cccnc2)C=N1. The van der Waals surface area contributed by atoms with Gasteiger partial charge in [-0.2, -0.15) is 0 Å². The van der Waals surface area contributed by atoms with Crippen LogP contribution < -0.4 is 4.90 Å². The summed E-state index contributed by atoms with van der Waals surface area (Å²) in [6, 6.07) is 3.95. The Morgan fingerprint density at radius 1 is 1.47 bits per heavy atom. The van der Waals surface area contributed by atoms with Crippen LogP contribution in [0.25, 0.3) is 0 Å². The standard InChI is InChI=1S/C12H13N3/c1-2-4-11-6-8-15(10-14-11)12-5-3-7-13-9-12/h2-7,9-10H,8H2,1H3. The van der Waals surface area contributed by atoms with Crippen LogP contribution in [-0.4, -0.2) is 17.9 Å². The third-order valence-electron chi connectivity index (χ3n) is 2.16. The van der Waals surface area contributed by atoms with Crippen molar-refractivity contribution in [3.8, 4) is 0 Å². The van der Waals surface area contributed by atoms with Gasteiger partial charge < -0.3 is 4.90 Å². The normalized spacial score (nSPS) is 15.8. The summed E-state index contributed by atoms with van der Waals surface area (Å²) in [5.41, 5.74) is 2.08. The minimum Gasteiger partial charge on any atom is -0.327 e. The molecule has 0 spiro atoms. The van der Waals surface area contributed by atoms with Crippen molar-refractivity contribution in [2.75, 3.05) is 11.4 Å². The van der Waals surface area contributed by atoms with Gasteiger partial charge in [-0.25, -0.2) is 4.99 Å². The maximum absolute atomic E-state index is 4.32. The van der Waals surface area contributed by atoms with Crippen LogP contribution in [0.3, 0.4) is 0 Å². The first-order chi connectivity index (χ1) is 7.40. The summed E-state index contributed by atoms with van der Waals surface area (Å²) in [5, 5.41) is 0. The fourth-order valence-corrected chi connectivity index (χ4v) is 1.41. The van der Waals surface area contributed by atoms with Crippen molar-refractivity contribution in [1.82, 2.24) is 4.98 Å². The van der Waals surface area contributed by atoms with E-state index in [1.54, 1.807) is 6.20 Å². The Morgan fingerprint density at radius 2 is 2.40 bits per heavy atom. The van der Waals surface area contributed by atoms with Gasteiger partial charge >= 0.3 is 0 Å². The first kappa shape index (κ1) is 9.65. The molecular weight excluding hydrogens is 186 g/mol. The molecule has 0 amide bonds. The zero-order valence-corrected chi connectivity index (χ0v) is 8.67. The predicted molar refractivity (Wildman–Crippen MR) is 63.0 cm³/mol. The van der Waals surface area contributed by atoms with Crippen LogP contribution in [-0.2, 0) is 0 Å². The van der Waals surface area contributed by atoms with E-state index in [-0.39, 0.29) is 0 Å². The number of aromatic nitrogens is 1.